The van der Waals surface area contributed by atoms with E-state index in [-0.39, 0.29) is 17.2 Å². The van der Waals surface area contributed by atoms with Gasteiger partial charge in [0.15, 0.2) is 0 Å². The first-order valence-electron chi connectivity index (χ1n) is 13.1. The Kier molecular flexibility index (Phi) is 8.05. The second-order valence-electron chi connectivity index (χ2n) is 11.4. The number of anilines is 1. The number of nitrogens with zero attached hydrogens (tertiary/aromatic N) is 3. The molecule has 0 saturated heterocycles. The van der Waals surface area contributed by atoms with Crippen LogP contribution in [0.15, 0.2) is 72.9 Å². The molecule has 0 aliphatic carbocycles. The summed E-state index contributed by atoms with van der Waals surface area (Å²) in [6, 6.07) is 21.9. The maximum atomic E-state index is 13.7. The van der Waals surface area contributed by atoms with Crippen LogP contribution in [0.4, 0.5) is 5.82 Å². The predicted molar refractivity (Wildman–Crippen MR) is 158 cm³/mol. The first kappa shape index (κ1) is 27.8. The second kappa shape index (κ2) is 11.3. The lowest BCUT2D eigenvalue weighted by atomic mass is 9.91. The zero-order valence-electron chi connectivity index (χ0n) is 23.9. The molecule has 0 atom stereocenters. The average molecular weight is 524 g/mol. The number of methoxy groups -OCH3 is 1. The van der Waals surface area contributed by atoms with Crippen molar-refractivity contribution in [2.45, 2.75) is 40.7 Å². The maximum Gasteiger partial charge on any atom is 0.253 e. The van der Waals surface area contributed by atoms with Gasteiger partial charge in [0.05, 0.1) is 13.7 Å². The van der Waals surface area contributed by atoms with Gasteiger partial charge in [0.1, 0.15) is 11.6 Å². The molecular weight excluding hydrogens is 486 g/mol. The monoisotopic (exact) mass is 523 g/mol. The smallest absolute Gasteiger partial charge is 0.253 e. The number of aryl methyl sites for hydroxylation is 1. The van der Waals surface area contributed by atoms with E-state index in [1.807, 2.05) is 31.2 Å². The summed E-state index contributed by atoms with van der Waals surface area (Å²) in [4.78, 5) is 34.2. The summed E-state index contributed by atoms with van der Waals surface area (Å²) >= 11 is 0. The van der Waals surface area contributed by atoms with Crippen LogP contribution in [-0.4, -0.2) is 42.9 Å². The zero-order chi connectivity index (χ0) is 28.3. The molecule has 4 rings (SSSR count). The normalized spacial score (nSPS) is 11.4. The molecule has 0 fully saturated rings. The van der Waals surface area contributed by atoms with E-state index in [4.69, 9.17) is 4.74 Å². The number of amides is 2. The number of aromatic nitrogens is 1. The number of carbonyl (C=O) groups is 2. The van der Waals surface area contributed by atoms with Crippen molar-refractivity contribution in [3.05, 3.63) is 89.6 Å². The lowest BCUT2D eigenvalue weighted by Gasteiger charge is -2.27. The van der Waals surface area contributed by atoms with Gasteiger partial charge >= 0.3 is 0 Å². The summed E-state index contributed by atoms with van der Waals surface area (Å²) in [5.74, 6) is 1.40. The van der Waals surface area contributed by atoms with E-state index in [2.05, 4.69) is 62.2 Å². The van der Waals surface area contributed by atoms with Crippen molar-refractivity contribution in [3.63, 3.8) is 0 Å². The van der Waals surface area contributed by atoms with Gasteiger partial charge in [-0.3, -0.25) is 14.5 Å². The molecule has 0 aliphatic heterocycles. The Morgan fingerprint density at radius 3 is 2.21 bits per heavy atom. The number of pyridine rings is 1. The highest BCUT2D eigenvalue weighted by atomic mass is 16.5. The molecule has 0 bridgehead atoms. The fraction of sp³-hybridized carbons (Fsp3) is 0.303. The minimum absolute atomic E-state index is 0.00537. The topological polar surface area (TPSA) is 62.7 Å². The molecule has 4 aromatic rings. The zero-order valence-corrected chi connectivity index (χ0v) is 23.9. The van der Waals surface area contributed by atoms with E-state index in [0.29, 0.717) is 24.3 Å². The lowest BCUT2D eigenvalue weighted by molar-refractivity contribution is -0.120. The predicted octanol–water partition coefficient (Wildman–Crippen LogP) is 6.89. The first-order valence-corrected chi connectivity index (χ1v) is 13.1. The van der Waals surface area contributed by atoms with Crippen molar-refractivity contribution in [2.24, 2.45) is 5.41 Å². The Hall–Kier alpha value is -4.19. The standard InChI is InChI=1S/C33H37N3O3/c1-22-18-25(13-15-29(22)39-7)24-10-8-23(9-11-24)21-36(30(37)20-33(2,3)4)31-28-14-12-27(32(38)35(5)6)19-26(28)16-17-34-31/h8-19H,20-21H2,1-7H3. The van der Waals surface area contributed by atoms with Crippen molar-refractivity contribution in [2.75, 3.05) is 26.1 Å². The van der Waals surface area contributed by atoms with Gasteiger partial charge in [0, 0.05) is 37.7 Å². The minimum atomic E-state index is -0.179. The van der Waals surface area contributed by atoms with Gasteiger partial charge in [0.25, 0.3) is 5.91 Å². The van der Waals surface area contributed by atoms with Crippen LogP contribution in [0, 0.1) is 12.3 Å². The highest BCUT2D eigenvalue weighted by Crippen LogP contribution is 2.31. The van der Waals surface area contributed by atoms with E-state index in [9.17, 15) is 9.59 Å². The summed E-state index contributed by atoms with van der Waals surface area (Å²) in [6.07, 6.45) is 2.08. The molecular formula is C33H37N3O3. The molecule has 0 unspecified atom stereocenters. The lowest BCUT2D eigenvalue weighted by Crippen LogP contribution is -2.34. The van der Waals surface area contributed by atoms with E-state index in [1.54, 1.807) is 43.3 Å². The third-order valence-electron chi connectivity index (χ3n) is 6.66. The van der Waals surface area contributed by atoms with Gasteiger partial charge in [-0.15, -0.1) is 0 Å². The number of carbonyl (C=O) groups excluding carboxylic acids is 2. The van der Waals surface area contributed by atoms with Gasteiger partial charge in [-0.1, -0.05) is 51.1 Å². The number of benzene rings is 3. The van der Waals surface area contributed by atoms with Crippen molar-refractivity contribution in [3.8, 4) is 16.9 Å². The Balaban J connectivity index is 1.70. The van der Waals surface area contributed by atoms with E-state index in [1.165, 1.54) is 0 Å². The van der Waals surface area contributed by atoms with E-state index < -0.39 is 0 Å². The molecule has 202 valence electrons. The molecule has 0 saturated carbocycles. The highest BCUT2D eigenvalue weighted by Gasteiger charge is 2.25. The molecule has 3 aromatic carbocycles. The quantitative estimate of drug-likeness (QED) is 0.265. The van der Waals surface area contributed by atoms with Crippen LogP contribution in [0.3, 0.4) is 0 Å². The fourth-order valence-corrected chi connectivity index (χ4v) is 4.64. The summed E-state index contributed by atoms with van der Waals surface area (Å²) < 4.78 is 5.39. The number of ether oxygens (including phenoxy) is 1. The van der Waals surface area contributed by atoms with Crippen LogP contribution in [0.5, 0.6) is 5.75 Å². The van der Waals surface area contributed by atoms with Gasteiger partial charge in [-0.05, 0) is 76.4 Å². The number of hydrogen-bond acceptors (Lipinski definition) is 4. The van der Waals surface area contributed by atoms with Crippen LogP contribution in [0.25, 0.3) is 21.9 Å². The van der Waals surface area contributed by atoms with Crippen molar-refractivity contribution < 1.29 is 14.3 Å². The number of fused-ring (bicyclic) bond motifs is 1. The molecule has 0 radical (unpaired) electrons. The Bertz CT molecular complexity index is 1500. The summed E-state index contributed by atoms with van der Waals surface area (Å²) in [5, 5.41) is 1.70. The maximum absolute atomic E-state index is 13.7. The van der Waals surface area contributed by atoms with Crippen molar-refractivity contribution in [1.29, 1.82) is 0 Å². The number of rotatable bonds is 7. The fourth-order valence-electron chi connectivity index (χ4n) is 4.64. The molecule has 39 heavy (non-hydrogen) atoms. The second-order valence-corrected chi connectivity index (χ2v) is 11.4. The Labute approximate surface area is 231 Å². The summed E-state index contributed by atoms with van der Waals surface area (Å²) in [7, 11) is 5.15. The third-order valence-corrected chi connectivity index (χ3v) is 6.66. The molecule has 1 aromatic heterocycles. The largest absolute Gasteiger partial charge is 0.496 e. The van der Waals surface area contributed by atoms with Gasteiger partial charge in [0.2, 0.25) is 5.91 Å². The van der Waals surface area contributed by atoms with E-state index >= 15 is 0 Å². The molecule has 6 heteroatoms. The van der Waals surface area contributed by atoms with Crippen molar-refractivity contribution >= 4 is 28.4 Å². The minimum Gasteiger partial charge on any atom is -0.496 e. The molecule has 0 N–H and O–H groups in total. The van der Waals surface area contributed by atoms with Gasteiger partial charge in [-0.2, -0.15) is 0 Å². The molecule has 6 nitrogen and oxygen atoms in total. The summed E-state index contributed by atoms with van der Waals surface area (Å²) in [5.41, 5.74) is 4.71. The van der Waals surface area contributed by atoms with Gasteiger partial charge in [-0.25, -0.2) is 4.98 Å². The Morgan fingerprint density at radius 2 is 1.59 bits per heavy atom. The molecule has 0 spiro atoms. The molecule has 0 aliphatic rings. The third kappa shape index (κ3) is 6.45. The van der Waals surface area contributed by atoms with Crippen molar-refractivity contribution in [1.82, 2.24) is 9.88 Å². The van der Waals surface area contributed by atoms with Crippen LogP contribution in [-0.2, 0) is 11.3 Å². The van der Waals surface area contributed by atoms with E-state index in [0.717, 1.165) is 38.8 Å². The number of hydrogen-bond donors (Lipinski definition) is 0. The molecule has 2 amide bonds. The van der Waals surface area contributed by atoms with Crippen LogP contribution >= 0.6 is 0 Å². The Morgan fingerprint density at radius 1 is 0.897 bits per heavy atom. The van der Waals surface area contributed by atoms with Crippen LogP contribution in [0.1, 0.15) is 48.7 Å². The first-order chi connectivity index (χ1) is 18.5. The summed E-state index contributed by atoms with van der Waals surface area (Å²) in [6.45, 7) is 8.60. The van der Waals surface area contributed by atoms with Gasteiger partial charge < -0.3 is 9.64 Å². The average Bonchev–Trinajstić information content (AvgIpc) is 2.90. The SMILES string of the molecule is COc1ccc(-c2ccc(CN(C(=O)CC(C)(C)C)c3nccc4cc(C(=O)N(C)C)ccc34)cc2)cc1C. The molecule has 1 heterocycles. The van der Waals surface area contributed by atoms with Crippen LogP contribution in [0.2, 0.25) is 0 Å². The highest BCUT2D eigenvalue weighted by molar-refractivity contribution is 6.05. The van der Waals surface area contributed by atoms with Crippen LogP contribution < -0.4 is 9.64 Å².